The molecule has 4 aromatic rings. The first kappa shape index (κ1) is 30.8. The van der Waals surface area contributed by atoms with Crippen LogP contribution in [0, 0.1) is 13.8 Å². The molecule has 4 heterocycles. The van der Waals surface area contributed by atoms with Crippen molar-refractivity contribution in [1.29, 1.82) is 0 Å². The maximum atomic E-state index is 13.5. The van der Waals surface area contributed by atoms with E-state index >= 15 is 0 Å². The summed E-state index contributed by atoms with van der Waals surface area (Å²) in [6, 6.07) is 11.1. The minimum Gasteiger partial charge on any atom is -0.367 e. The molecule has 0 bridgehead atoms. The predicted molar refractivity (Wildman–Crippen MR) is 177 cm³/mol. The highest BCUT2D eigenvalue weighted by molar-refractivity contribution is 6.07. The fourth-order valence-electron chi connectivity index (χ4n) is 6.32. The van der Waals surface area contributed by atoms with Crippen LogP contribution in [0.25, 0.3) is 11.0 Å². The molecule has 1 saturated carbocycles. The minimum absolute atomic E-state index is 0.00167. The first-order valence-electron chi connectivity index (χ1n) is 15.7. The molecule has 46 heavy (non-hydrogen) atoms. The lowest BCUT2D eigenvalue weighted by molar-refractivity contribution is -0.126. The Morgan fingerprint density at radius 2 is 1.61 bits per heavy atom. The molecule has 0 unspecified atom stereocenters. The molecule has 1 aliphatic heterocycles. The molecule has 0 radical (unpaired) electrons. The summed E-state index contributed by atoms with van der Waals surface area (Å²) >= 11 is 0. The number of hydrogen-bond donors (Lipinski definition) is 1. The zero-order valence-electron chi connectivity index (χ0n) is 26.3. The average Bonchev–Trinajstić information content (AvgIpc) is 3.59. The van der Waals surface area contributed by atoms with Crippen LogP contribution < -0.4 is 15.8 Å². The number of hydrogen-bond acceptors (Lipinski definition) is 9. The van der Waals surface area contributed by atoms with Gasteiger partial charge in [0.25, 0.3) is 5.56 Å². The number of nitrogens with zero attached hydrogens (tertiary/aromatic N) is 6. The maximum Gasteiger partial charge on any atom is 0.263 e. The van der Waals surface area contributed by atoms with Crippen LogP contribution in [0.3, 0.4) is 0 Å². The van der Waals surface area contributed by atoms with E-state index in [0.29, 0.717) is 60.1 Å². The number of nitrogens with one attached hydrogen (secondary N) is 1. The van der Waals surface area contributed by atoms with E-state index in [1.54, 1.807) is 40.9 Å². The summed E-state index contributed by atoms with van der Waals surface area (Å²) in [6.45, 7) is 7.48. The van der Waals surface area contributed by atoms with Gasteiger partial charge in [0.05, 0.1) is 17.4 Å². The number of pyridine rings is 2. The van der Waals surface area contributed by atoms with Crippen LogP contribution in [-0.2, 0) is 4.79 Å². The molecule has 0 atom stereocenters. The standard InChI is InChI=1S/C35H37N7O4/c1-22-8-10-25(11-9-22)29(44)13-15-31(45)41-18-16-40(17-19-41)27-12-14-30(36-20-27)38-35-37-21-28-23(2)32(24(3)43)34(46)42(33(28)39-35)26-6-4-5-7-26/h8-15,20-21,26H,4-7,16-19H2,1-3H3,(H,36,37,38,39)/b15-13+. The summed E-state index contributed by atoms with van der Waals surface area (Å²) in [6.07, 6.45) is 9.94. The lowest BCUT2D eigenvalue weighted by Crippen LogP contribution is -2.48. The van der Waals surface area contributed by atoms with Crippen molar-refractivity contribution in [3.05, 3.63) is 93.6 Å². The third-order valence-electron chi connectivity index (χ3n) is 8.91. The average molecular weight is 620 g/mol. The molecule has 11 nitrogen and oxygen atoms in total. The molecule has 6 rings (SSSR count). The third-order valence-corrected chi connectivity index (χ3v) is 8.91. The van der Waals surface area contributed by atoms with Crippen LogP contribution in [0.2, 0.25) is 0 Å². The second-order valence-corrected chi connectivity index (χ2v) is 12.0. The summed E-state index contributed by atoms with van der Waals surface area (Å²) < 4.78 is 1.69. The molecule has 3 aromatic heterocycles. The van der Waals surface area contributed by atoms with Gasteiger partial charge < -0.3 is 15.1 Å². The molecule has 236 valence electrons. The summed E-state index contributed by atoms with van der Waals surface area (Å²) in [5.41, 5.74) is 3.59. The van der Waals surface area contributed by atoms with Gasteiger partial charge in [-0.25, -0.2) is 9.97 Å². The molecule has 1 saturated heterocycles. The number of carbonyl (C=O) groups excluding carboxylic acids is 3. The number of fused-ring (bicyclic) bond motifs is 1. The summed E-state index contributed by atoms with van der Waals surface area (Å²) in [5.74, 6) is 0.236. The van der Waals surface area contributed by atoms with Crippen molar-refractivity contribution in [2.75, 3.05) is 36.4 Å². The van der Waals surface area contributed by atoms with Crippen LogP contribution in [0.15, 0.2) is 65.7 Å². The van der Waals surface area contributed by atoms with Crippen molar-refractivity contribution in [1.82, 2.24) is 24.4 Å². The normalized spacial score (nSPS) is 15.5. The molecule has 2 aliphatic rings. The molecule has 1 aromatic carbocycles. The highest BCUT2D eigenvalue weighted by atomic mass is 16.2. The Hall–Kier alpha value is -5.19. The van der Waals surface area contributed by atoms with Crippen molar-refractivity contribution >= 4 is 46.0 Å². The van der Waals surface area contributed by atoms with Gasteiger partial charge >= 0.3 is 0 Å². The van der Waals surface area contributed by atoms with Crippen molar-refractivity contribution in [2.24, 2.45) is 0 Å². The third kappa shape index (κ3) is 6.30. The Bertz CT molecular complexity index is 1880. The monoisotopic (exact) mass is 619 g/mol. The number of aryl methyl sites for hydroxylation is 2. The minimum atomic E-state index is -0.287. The summed E-state index contributed by atoms with van der Waals surface area (Å²) in [4.78, 5) is 68.7. The van der Waals surface area contributed by atoms with Crippen molar-refractivity contribution < 1.29 is 14.4 Å². The number of Topliss-reactive ketones (excluding diaryl/α,β-unsaturated/α-hetero) is 1. The molecule has 2 fully saturated rings. The van der Waals surface area contributed by atoms with Gasteiger partial charge in [0.2, 0.25) is 11.9 Å². The van der Waals surface area contributed by atoms with E-state index in [2.05, 4.69) is 20.2 Å². The summed E-state index contributed by atoms with van der Waals surface area (Å²) in [5, 5.41) is 3.85. The molecule has 1 aliphatic carbocycles. The zero-order valence-corrected chi connectivity index (χ0v) is 26.3. The molecular weight excluding hydrogens is 582 g/mol. The smallest absolute Gasteiger partial charge is 0.263 e. The van der Waals surface area contributed by atoms with Gasteiger partial charge in [0.15, 0.2) is 11.6 Å². The zero-order chi connectivity index (χ0) is 32.4. The molecule has 1 amide bonds. The number of carbonyl (C=O) groups is 3. The lowest BCUT2D eigenvalue weighted by atomic mass is 10.0. The summed E-state index contributed by atoms with van der Waals surface area (Å²) in [7, 11) is 0. The fraction of sp³-hybridized carbons (Fsp3) is 0.343. The van der Waals surface area contributed by atoms with Crippen LogP contribution in [0.4, 0.5) is 17.5 Å². The highest BCUT2D eigenvalue weighted by Gasteiger charge is 2.26. The Kier molecular flexibility index (Phi) is 8.74. The van der Waals surface area contributed by atoms with Gasteiger partial charge in [-0.15, -0.1) is 0 Å². The number of anilines is 3. The molecule has 1 N–H and O–H groups in total. The van der Waals surface area contributed by atoms with Gasteiger partial charge in [0.1, 0.15) is 11.5 Å². The molecular formula is C35H37N7O4. The van der Waals surface area contributed by atoms with E-state index < -0.39 is 0 Å². The first-order chi connectivity index (χ1) is 22.2. The van der Waals surface area contributed by atoms with Gasteiger partial charge in [-0.3, -0.25) is 23.7 Å². The maximum absolute atomic E-state index is 13.5. The van der Waals surface area contributed by atoms with Crippen molar-refractivity contribution in [3.8, 4) is 0 Å². The SMILES string of the molecule is CC(=O)c1c(C)c2cnc(Nc3ccc(N4CCN(C(=O)/C=C/C(=O)c5ccc(C)cc5)CC4)cn3)nc2n(C2CCCC2)c1=O. The van der Waals surface area contributed by atoms with E-state index in [4.69, 9.17) is 4.98 Å². The van der Waals surface area contributed by atoms with E-state index in [1.165, 1.54) is 19.1 Å². The van der Waals surface area contributed by atoms with E-state index in [0.717, 1.165) is 36.9 Å². The number of aromatic nitrogens is 4. The Morgan fingerprint density at radius 3 is 2.26 bits per heavy atom. The number of ketones is 2. The van der Waals surface area contributed by atoms with Crippen LogP contribution in [0.1, 0.15) is 70.5 Å². The number of rotatable bonds is 8. The second-order valence-electron chi connectivity index (χ2n) is 12.0. The topological polar surface area (TPSA) is 130 Å². The van der Waals surface area contributed by atoms with E-state index in [1.807, 2.05) is 31.2 Å². The van der Waals surface area contributed by atoms with Gasteiger partial charge in [-0.2, -0.15) is 4.98 Å². The van der Waals surface area contributed by atoms with Crippen LogP contribution >= 0.6 is 0 Å². The number of benzene rings is 1. The van der Waals surface area contributed by atoms with Gasteiger partial charge in [-0.05, 0) is 57.4 Å². The lowest BCUT2D eigenvalue weighted by Gasteiger charge is -2.35. The molecule has 0 spiro atoms. The van der Waals surface area contributed by atoms with Gasteiger partial charge in [0, 0.05) is 55.4 Å². The van der Waals surface area contributed by atoms with Crippen molar-refractivity contribution in [2.45, 2.75) is 52.5 Å². The largest absolute Gasteiger partial charge is 0.367 e. The van der Waals surface area contributed by atoms with E-state index in [-0.39, 0.29) is 34.6 Å². The van der Waals surface area contributed by atoms with Crippen LogP contribution in [-0.4, -0.2) is 68.1 Å². The van der Waals surface area contributed by atoms with Crippen molar-refractivity contribution in [3.63, 3.8) is 0 Å². The highest BCUT2D eigenvalue weighted by Crippen LogP contribution is 2.32. The quantitative estimate of drug-likeness (QED) is 0.215. The Balaban J connectivity index is 1.11. The molecule has 11 heteroatoms. The second kappa shape index (κ2) is 13.0. The van der Waals surface area contributed by atoms with Crippen LogP contribution in [0.5, 0.6) is 0 Å². The van der Waals surface area contributed by atoms with E-state index in [9.17, 15) is 19.2 Å². The van der Waals surface area contributed by atoms with Gasteiger partial charge in [-0.1, -0.05) is 42.7 Å². The Morgan fingerprint density at radius 1 is 0.891 bits per heavy atom. The Labute approximate surface area is 267 Å². The fourth-order valence-corrected chi connectivity index (χ4v) is 6.32. The number of piperazine rings is 1. The predicted octanol–water partition coefficient (Wildman–Crippen LogP) is 4.95. The number of amides is 1. The number of allylic oxidation sites excluding steroid dienone is 1. The first-order valence-corrected chi connectivity index (χ1v) is 15.7.